The van der Waals surface area contributed by atoms with E-state index < -0.39 is 0 Å². The minimum atomic E-state index is -0.0224. The summed E-state index contributed by atoms with van der Waals surface area (Å²) < 4.78 is 7.53. The lowest BCUT2D eigenvalue weighted by molar-refractivity contribution is 0.0681. The van der Waals surface area contributed by atoms with Gasteiger partial charge in [0, 0.05) is 20.1 Å². The molecule has 1 aliphatic rings. The first-order chi connectivity index (χ1) is 14.1. The van der Waals surface area contributed by atoms with Gasteiger partial charge in [-0.2, -0.15) is 5.10 Å². The van der Waals surface area contributed by atoms with Gasteiger partial charge >= 0.3 is 0 Å². The molecule has 3 aromatic rings. The van der Waals surface area contributed by atoms with Crippen LogP contribution in [0, 0.1) is 0 Å². The van der Waals surface area contributed by atoms with Crippen LogP contribution in [0.15, 0.2) is 54.6 Å². The Morgan fingerprint density at radius 3 is 2.69 bits per heavy atom. The third-order valence-electron chi connectivity index (χ3n) is 5.06. The molecule has 1 aliphatic heterocycles. The third kappa shape index (κ3) is 4.23. The molecule has 150 valence electrons. The minimum Gasteiger partial charge on any atom is -0.487 e. The predicted octanol–water partition coefficient (Wildman–Crippen LogP) is 2.97. The Hall–Kier alpha value is -3.35. The van der Waals surface area contributed by atoms with Gasteiger partial charge < -0.3 is 14.5 Å². The molecule has 1 aromatic carbocycles. The standard InChI is InChI=1S/C22H25N5O2/c1-3-25(2)21-11-7-8-17(23-21)15-26-12-13-27-20(22(26)28)14-18(24-27)16-29-19-9-5-4-6-10-19/h4-11,14H,3,12-13,15-16H2,1-2H3. The van der Waals surface area contributed by atoms with Gasteiger partial charge in [-0.25, -0.2) is 4.98 Å². The van der Waals surface area contributed by atoms with Crippen LogP contribution < -0.4 is 9.64 Å². The molecule has 0 atom stereocenters. The van der Waals surface area contributed by atoms with Crippen LogP contribution in [0.4, 0.5) is 5.82 Å². The molecule has 0 saturated heterocycles. The molecule has 0 aliphatic carbocycles. The van der Waals surface area contributed by atoms with E-state index in [2.05, 4.69) is 21.9 Å². The third-order valence-corrected chi connectivity index (χ3v) is 5.06. The number of rotatable bonds is 7. The van der Waals surface area contributed by atoms with Crippen molar-refractivity contribution in [1.82, 2.24) is 19.7 Å². The molecule has 0 saturated carbocycles. The van der Waals surface area contributed by atoms with Crippen LogP contribution >= 0.6 is 0 Å². The van der Waals surface area contributed by atoms with Crippen LogP contribution in [-0.4, -0.2) is 45.7 Å². The fraction of sp³-hybridized carbons (Fsp3) is 0.318. The van der Waals surface area contributed by atoms with Crippen molar-refractivity contribution in [3.8, 4) is 5.75 Å². The van der Waals surface area contributed by atoms with E-state index in [1.54, 1.807) is 4.68 Å². The second-order valence-electron chi connectivity index (χ2n) is 7.07. The number of hydrogen-bond donors (Lipinski definition) is 0. The Morgan fingerprint density at radius 2 is 1.90 bits per heavy atom. The summed E-state index contributed by atoms with van der Waals surface area (Å²) in [6.07, 6.45) is 0. The Labute approximate surface area is 170 Å². The summed E-state index contributed by atoms with van der Waals surface area (Å²) in [4.78, 5) is 21.6. The molecular weight excluding hydrogens is 366 g/mol. The van der Waals surface area contributed by atoms with E-state index in [1.807, 2.05) is 66.5 Å². The molecule has 0 fully saturated rings. The lowest BCUT2D eigenvalue weighted by Crippen LogP contribution is -2.40. The SMILES string of the molecule is CCN(C)c1cccc(CN2CCn3nc(COc4ccccc4)cc3C2=O)n1. The van der Waals surface area contributed by atoms with Crippen molar-refractivity contribution >= 4 is 11.7 Å². The summed E-state index contributed by atoms with van der Waals surface area (Å²) >= 11 is 0. The number of aromatic nitrogens is 3. The van der Waals surface area contributed by atoms with Gasteiger partial charge in [-0.05, 0) is 37.3 Å². The number of benzene rings is 1. The Bertz CT molecular complexity index is 986. The van der Waals surface area contributed by atoms with Gasteiger partial charge in [-0.1, -0.05) is 24.3 Å². The first kappa shape index (κ1) is 19.0. The highest BCUT2D eigenvalue weighted by molar-refractivity contribution is 5.93. The van der Waals surface area contributed by atoms with Crippen LogP contribution in [0.2, 0.25) is 0 Å². The van der Waals surface area contributed by atoms with E-state index in [-0.39, 0.29) is 5.91 Å². The van der Waals surface area contributed by atoms with Crippen LogP contribution in [-0.2, 0) is 19.7 Å². The highest BCUT2D eigenvalue weighted by Crippen LogP contribution is 2.18. The zero-order chi connectivity index (χ0) is 20.2. The summed E-state index contributed by atoms with van der Waals surface area (Å²) in [7, 11) is 2.01. The fourth-order valence-corrected chi connectivity index (χ4v) is 3.31. The summed E-state index contributed by atoms with van der Waals surface area (Å²) in [5.74, 6) is 1.68. The van der Waals surface area contributed by atoms with Crippen LogP contribution in [0.3, 0.4) is 0 Å². The number of anilines is 1. The highest BCUT2D eigenvalue weighted by atomic mass is 16.5. The average Bonchev–Trinajstić information content (AvgIpc) is 3.19. The number of ether oxygens (including phenoxy) is 1. The normalized spacial score (nSPS) is 13.3. The average molecular weight is 391 g/mol. The monoisotopic (exact) mass is 391 g/mol. The maximum Gasteiger partial charge on any atom is 0.272 e. The van der Waals surface area contributed by atoms with Gasteiger partial charge in [0.15, 0.2) is 0 Å². The molecule has 7 heteroatoms. The van der Waals surface area contributed by atoms with Crippen molar-refractivity contribution in [3.63, 3.8) is 0 Å². The van der Waals surface area contributed by atoms with Crippen molar-refractivity contribution in [2.75, 3.05) is 25.0 Å². The van der Waals surface area contributed by atoms with E-state index in [9.17, 15) is 4.79 Å². The molecule has 0 radical (unpaired) electrons. The van der Waals surface area contributed by atoms with Crippen molar-refractivity contribution < 1.29 is 9.53 Å². The largest absolute Gasteiger partial charge is 0.487 e. The number of carbonyl (C=O) groups excluding carboxylic acids is 1. The van der Waals surface area contributed by atoms with Crippen molar-refractivity contribution in [1.29, 1.82) is 0 Å². The summed E-state index contributed by atoms with van der Waals surface area (Å²) in [6.45, 7) is 5.08. The van der Waals surface area contributed by atoms with E-state index in [0.29, 0.717) is 31.9 Å². The van der Waals surface area contributed by atoms with E-state index >= 15 is 0 Å². The lowest BCUT2D eigenvalue weighted by atomic mass is 10.2. The van der Waals surface area contributed by atoms with Crippen LogP contribution in [0.25, 0.3) is 0 Å². The second-order valence-corrected chi connectivity index (χ2v) is 7.07. The molecule has 0 spiro atoms. The van der Waals surface area contributed by atoms with E-state index in [0.717, 1.165) is 29.5 Å². The van der Waals surface area contributed by atoms with E-state index in [4.69, 9.17) is 4.74 Å². The second kappa shape index (κ2) is 8.34. The van der Waals surface area contributed by atoms with Crippen molar-refractivity contribution in [3.05, 3.63) is 71.7 Å². The Morgan fingerprint density at radius 1 is 1.07 bits per heavy atom. The molecule has 0 unspecified atom stereocenters. The molecule has 2 aromatic heterocycles. The molecular formula is C22H25N5O2. The van der Waals surface area contributed by atoms with Gasteiger partial charge in [-0.3, -0.25) is 9.48 Å². The van der Waals surface area contributed by atoms with Crippen LogP contribution in [0.5, 0.6) is 5.75 Å². The van der Waals surface area contributed by atoms with E-state index in [1.165, 1.54) is 0 Å². The van der Waals surface area contributed by atoms with Crippen molar-refractivity contribution in [2.45, 2.75) is 26.6 Å². The molecule has 7 nitrogen and oxygen atoms in total. The Kier molecular flexibility index (Phi) is 5.46. The number of fused-ring (bicyclic) bond motifs is 1. The van der Waals surface area contributed by atoms with Gasteiger partial charge in [-0.15, -0.1) is 0 Å². The molecule has 4 rings (SSSR count). The quantitative estimate of drug-likeness (QED) is 0.620. The first-order valence-corrected chi connectivity index (χ1v) is 9.85. The van der Waals surface area contributed by atoms with Gasteiger partial charge in [0.25, 0.3) is 5.91 Å². The smallest absolute Gasteiger partial charge is 0.272 e. The molecule has 0 bridgehead atoms. The predicted molar refractivity (Wildman–Crippen MR) is 111 cm³/mol. The number of carbonyl (C=O) groups is 1. The minimum absolute atomic E-state index is 0.0224. The maximum atomic E-state index is 13.0. The number of para-hydroxylation sites is 1. The molecule has 1 amide bonds. The molecule has 3 heterocycles. The number of amides is 1. The van der Waals surface area contributed by atoms with Gasteiger partial charge in [0.05, 0.1) is 18.8 Å². The fourth-order valence-electron chi connectivity index (χ4n) is 3.31. The van der Waals surface area contributed by atoms with Crippen LogP contribution in [0.1, 0.15) is 28.8 Å². The van der Waals surface area contributed by atoms with Gasteiger partial charge in [0.1, 0.15) is 29.6 Å². The first-order valence-electron chi connectivity index (χ1n) is 9.85. The number of pyridine rings is 1. The maximum absolute atomic E-state index is 13.0. The molecule has 29 heavy (non-hydrogen) atoms. The van der Waals surface area contributed by atoms with Crippen molar-refractivity contribution in [2.24, 2.45) is 0 Å². The lowest BCUT2D eigenvalue weighted by Gasteiger charge is -2.27. The topological polar surface area (TPSA) is 63.5 Å². The number of nitrogens with zero attached hydrogens (tertiary/aromatic N) is 5. The summed E-state index contributed by atoms with van der Waals surface area (Å²) in [5, 5.41) is 4.53. The Balaban J connectivity index is 1.44. The summed E-state index contributed by atoms with van der Waals surface area (Å²) in [5.41, 5.74) is 2.24. The highest BCUT2D eigenvalue weighted by Gasteiger charge is 2.27. The van der Waals surface area contributed by atoms with Gasteiger partial charge in [0.2, 0.25) is 0 Å². The number of hydrogen-bond acceptors (Lipinski definition) is 5. The zero-order valence-corrected chi connectivity index (χ0v) is 16.8. The zero-order valence-electron chi connectivity index (χ0n) is 16.8. The molecule has 0 N–H and O–H groups in total. The summed E-state index contributed by atoms with van der Waals surface area (Å²) in [6, 6.07) is 17.4.